The number of rotatable bonds is 8. The lowest BCUT2D eigenvalue weighted by Gasteiger charge is -2.40. The van der Waals surface area contributed by atoms with Gasteiger partial charge in [-0.05, 0) is 105 Å². The van der Waals surface area contributed by atoms with Crippen LogP contribution in [0.3, 0.4) is 0 Å². The molecule has 0 radical (unpaired) electrons. The van der Waals surface area contributed by atoms with Gasteiger partial charge < -0.3 is 10.2 Å². The number of nitrogens with zero attached hydrogens (tertiary/aromatic N) is 3. The minimum atomic E-state index is -4.64. The Balaban J connectivity index is 1.20. The summed E-state index contributed by atoms with van der Waals surface area (Å²) in [7, 11) is 0. The second kappa shape index (κ2) is 14.8. The van der Waals surface area contributed by atoms with Gasteiger partial charge in [-0.2, -0.15) is 18.3 Å². The zero-order chi connectivity index (χ0) is 32.0. The van der Waals surface area contributed by atoms with Gasteiger partial charge in [-0.1, -0.05) is 47.8 Å². The Morgan fingerprint density at radius 1 is 0.911 bits per heavy atom. The lowest BCUT2D eigenvalue weighted by atomic mass is 9.99. The number of hydrazone groups is 1. The van der Waals surface area contributed by atoms with Crippen LogP contribution in [0.4, 0.5) is 18.9 Å². The van der Waals surface area contributed by atoms with Crippen molar-refractivity contribution in [3.05, 3.63) is 98.5 Å². The highest BCUT2D eigenvalue weighted by atomic mass is 35.5. The minimum absolute atomic E-state index is 0.0350. The molecule has 45 heavy (non-hydrogen) atoms. The van der Waals surface area contributed by atoms with E-state index in [9.17, 15) is 22.8 Å². The van der Waals surface area contributed by atoms with E-state index in [0.717, 1.165) is 56.4 Å². The summed E-state index contributed by atoms with van der Waals surface area (Å²) in [6.07, 6.45) is 2.66. The second-order valence-electron chi connectivity index (χ2n) is 11.4. The number of likely N-dealkylation sites (tertiary alicyclic amines) is 2. The van der Waals surface area contributed by atoms with Crippen LogP contribution in [0.15, 0.2) is 65.8 Å². The first-order valence-corrected chi connectivity index (χ1v) is 15.7. The van der Waals surface area contributed by atoms with Crippen LogP contribution in [-0.2, 0) is 12.7 Å². The molecule has 2 amide bonds. The standard InChI is InChI=1S/C33H34Cl2F3N5O2/c34-25-8-10-30(27(19-25)32(45)41-39-20-22-7-9-29(35)28(18-22)33(36,37)38)40-31(44)24-6-4-5-23(17-24)21-42-15-11-26(12-16-42)43-13-2-1-3-14-43/h4-10,17-20,26H,1-3,11-16,21H2,(H,40,44)(H,41,45)/b39-20+. The summed E-state index contributed by atoms with van der Waals surface area (Å²) in [5, 5.41) is 6.36. The molecule has 0 aromatic heterocycles. The van der Waals surface area contributed by atoms with E-state index in [0.29, 0.717) is 11.6 Å². The summed E-state index contributed by atoms with van der Waals surface area (Å²) in [6, 6.07) is 15.8. The van der Waals surface area contributed by atoms with E-state index in [1.807, 2.05) is 18.2 Å². The first-order chi connectivity index (χ1) is 21.6. The van der Waals surface area contributed by atoms with Crippen molar-refractivity contribution < 1.29 is 22.8 Å². The quantitative estimate of drug-likeness (QED) is 0.194. The molecule has 238 valence electrons. The van der Waals surface area contributed by atoms with Gasteiger partial charge in [0, 0.05) is 23.2 Å². The summed E-state index contributed by atoms with van der Waals surface area (Å²) < 4.78 is 39.5. The van der Waals surface area contributed by atoms with Crippen LogP contribution in [0.25, 0.3) is 0 Å². The predicted octanol–water partition coefficient (Wildman–Crippen LogP) is 7.48. The van der Waals surface area contributed by atoms with Gasteiger partial charge in [-0.25, -0.2) is 5.43 Å². The highest BCUT2D eigenvalue weighted by Gasteiger charge is 2.33. The van der Waals surface area contributed by atoms with Crippen molar-refractivity contribution in [2.75, 3.05) is 31.5 Å². The third-order valence-corrected chi connectivity index (χ3v) is 8.77. The maximum atomic E-state index is 13.2. The molecule has 2 aliphatic rings. The number of hydrogen-bond acceptors (Lipinski definition) is 5. The molecule has 3 aromatic rings. The van der Waals surface area contributed by atoms with Gasteiger partial charge in [0.15, 0.2) is 0 Å². The molecular formula is C33H34Cl2F3N5O2. The summed E-state index contributed by atoms with van der Waals surface area (Å²) >= 11 is 11.8. The van der Waals surface area contributed by atoms with E-state index in [1.165, 1.54) is 56.6 Å². The van der Waals surface area contributed by atoms with Gasteiger partial charge in [0.25, 0.3) is 11.8 Å². The number of carbonyl (C=O) groups is 2. The Morgan fingerprint density at radius 3 is 2.40 bits per heavy atom. The van der Waals surface area contributed by atoms with Crippen molar-refractivity contribution >= 4 is 46.9 Å². The molecule has 0 saturated carbocycles. The number of carbonyl (C=O) groups excluding carboxylic acids is 2. The number of anilines is 1. The van der Waals surface area contributed by atoms with Gasteiger partial charge in [0.1, 0.15) is 0 Å². The number of alkyl halides is 3. The molecule has 7 nitrogen and oxygen atoms in total. The number of halogens is 5. The van der Waals surface area contributed by atoms with Crippen LogP contribution >= 0.6 is 23.2 Å². The fourth-order valence-corrected chi connectivity index (χ4v) is 6.27. The normalized spacial score (nSPS) is 17.0. The van der Waals surface area contributed by atoms with Gasteiger partial charge in [-0.15, -0.1) is 0 Å². The molecule has 0 spiro atoms. The van der Waals surface area contributed by atoms with Crippen molar-refractivity contribution in [2.45, 2.75) is 50.9 Å². The third-order valence-electron chi connectivity index (χ3n) is 8.21. The van der Waals surface area contributed by atoms with Gasteiger partial charge in [-0.3, -0.25) is 14.5 Å². The summed E-state index contributed by atoms with van der Waals surface area (Å²) in [6.45, 7) is 5.21. The van der Waals surface area contributed by atoms with Crippen LogP contribution in [0, 0.1) is 0 Å². The topological polar surface area (TPSA) is 77.0 Å². The van der Waals surface area contributed by atoms with Crippen molar-refractivity contribution in [1.29, 1.82) is 0 Å². The molecule has 2 N–H and O–H groups in total. The predicted molar refractivity (Wildman–Crippen MR) is 171 cm³/mol. The molecule has 3 aromatic carbocycles. The minimum Gasteiger partial charge on any atom is -0.321 e. The zero-order valence-electron chi connectivity index (χ0n) is 24.5. The molecule has 2 heterocycles. The van der Waals surface area contributed by atoms with Crippen molar-refractivity contribution in [3.63, 3.8) is 0 Å². The number of nitrogens with one attached hydrogen (secondary N) is 2. The van der Waals surface area contributed by atoms with E-state index in [-0.39, 0.29) is 21.8 Å². The Bertz CT molecular complexity index is 1550. The number of benzene rings is 3. The molecular weight excluding hydrogens is 626 g/mol. The molecule has 2 fully saturated rings. The molecule has 0 unspecified atom stereocenters. The fraction of sp³-hybridized carbons (Fsp3) is 0.364. The molecule has 0 atom stereocenters. The largest absolute Gasteiger partial charge is 0.417 e. The fourth-order valence-electron chi connectivity index (χ4n) is 5.87. The van der Waals surface area contributed by atoms with Crippen LogP contribution in [0.1, 0.15) is 69.5 Å². The highest BCUT2D eigenvalue weighted by Crippen LogP contribution is 2.35. The van der Waals surface area contributed by atoms with Crippen LogP contribution < -0.4 is 10.7 Å². The number of piperidine rings is 2. The van der Waals surface area contributed by atoms with E-state index in [2.05, 4.69) is 25.6 Å². The van der Waals surface area contributed by atoms with E-state index < -0.39 is 28.6 Å². The van der Waals surface area contributed by atoms with Crippen LogP contribution in [0.5, 0.6) is 0 Å². The van der Waals surface area contributed by atoms with Gasteiger partial charge in [0.05, 0.1) is 28.1 Å². The Kier molecular flexibility index (Phi) is 10.8. The average Bonchev–Trinajstić information content (AvgIpc) is 3.03. The monoisotopic (exact) mass is 659 g/mol. The second-order valence-corrected chi connectivity index (χ2v) is 12.2. The lowest BCUT2D eigenvalue weighted by Crippen LogP contribution is -2.46. The molecule has 2 aliphatic heterocycles. The zero-order valence-corrected chi connectivity index (χ0v) is 26.1. The maximum absolute atomic E-state index is 13.2. The molecule has 5 rings (SSSR count). The van der Waals surface area contributed by atoms with Crippen LogP contribution in [-0.4, -0.2) is 60.0 Å². The van der Waals surface area contributed by atoms with Gasteiger partial charge in [0.2, 0.25) is 0 Å². The van der Waals surface area contributed by atoms with Crippen molar-refractivity contribution in [3.8, 4) is 0 Å². The number of amides is 2. The molecule has 12 heteroatoms. The van der Waals surface area contributed by atoms with E-state index in [1.54, 1.807) is 6.07 Å². The van der Waals surface area contributed by atoms with E-state index in [4.69, 9.17) is 23.2 Å². The SMILES string of the molecule is O=C(Nc1ccc(Cl)cc1C(=O)N/N=C/c1ccc(Cl)c(C(F)(F)F)c1)c1cccc(CN2CCC(N3CCCCC3)CC2)c1. The van der Waals surface area contributed by atoms with Crippen molar-refractivity contribution in [1.82, 2.24) is 15.2 Å². The highest BCUT2D eigenvalue weighted by molar-refractivity contribution is 6.31. The average molecular weight is 661 g/mol. The van der Waals surface area contributed by atoms with Crippen molar-refractivity contribution in [2.24, 2.45) is 5.10 Å². The Hall–Kier alpha value is -3.44. The van der Waals surface area contributed by atoms with E-state index >= 15 is 0 Å². The molecule has 0 bridgehead atoms. The third kappa shape index (κ3) is 8.85. The lowest BCUT2D eigenvalue weighted by molar-refractivity contribution is -0.137. The summed E-state index contributed by atoms with van der Waals surface area (Å²) in [5.74, 6) is -1.11. The number of hydrogen-bond donors (Lipinski definition) is 2. The Labute approximate surface area is 270 Å². The Morgan fingerprint density at radius 2 is 1.67 bits per heavy atom. The molecule has 2 saturated heterocycles. The smallest absolute Gasteiger partial charge is 0.321 e. The molecule has 0 aliphatic carbocycles. The summed E-state index contributed by atoms with van der Waals surface area (Å²) in [4.78, 5) is 31.3. The summed E-state index contributed by atoms with van der Waals surface area (Å²) in [5.41, 5.74) is 3.05. The maximum Gasteiger partial charge on any atom is 0.417 e. The first-order valence-electron chi connectivity index (χ1n) is 14.9. The van der Waals surface area contributed by atoms with Crippen LogP contribution in [0.2, 0.25) is 10.0 Å². The van der Waals surface area contributed by atoms with Gasteiger partial charge >= 0.3 is 6.18 Å². The first kappa shape index (κ1) is 32.9.